The van der Waals surface area contributed by atoms with Crippen LogP contribution >= 0.6 is 15.9 Å². The fourth-order valence-electron chi connectivity index (χ4n) is 2.12. The van der Waals surface area contributed by atoms with Crippen molar-refractivity contribution in [2.45, 2.75) is 24.8 Å². The average Bonchev–Trinajstić information content (AvgIpc) is 2.61. The zero-order valence-electron chi connectivity index (χ0n) is 14.6. The van der Waals surface area contributed by atoms with Crippen LogP contribution in [0.25, 0.3) is 0 Å². The summed E-state index contributed by atoms with van der Waals surface area (Å²) < 4.78 is 51.1. The normalized spacial score (nSPS) is 11.2. The number of carbonyl (C=O) groups is 1. The van der Waals surface area contributed by atoms with Gasteiger partial charge in [-0.15, -0.1) is 0 Å². The molecule has 0 spiro atoms. The predicted molar refractivity (Wildman–Crippen MR) is 101 cm³/mol. The van der Waals surface area contributed by atoms with Crippen LogP contribution in [0, 0.1) is 5.82 Å². The van der Waals surface area contributed by atoms with Crippen LogP contribution in [-0.4, -0.2) is 27.5 Å². The van der Waals surface area contributed by atoms with Gasteiger partial charge in [-0.3, -0.25) is 4.79 Å². The number of esters is 1. The summed E-state index contributed by atoms with van der Waals surface area (Å²) in [4.78, 5) is 11.8. The molecular weight excluding hydrogens is 441 g/mol. The van der Waals surface area contributed by atoms with Crippen molar-refractivity contribution in [1.82, 2.24) is 4.72 Å². The molecule has 0 aromatic heterocycles. The second-order valence-corrected chi connectivity index (χ2v) is 8.13. The first-order chi connectivity index (χ1) is 12.8. The van der Waals surface area contributed by atoms with Gasteiger partial charge in [0.05, 0.1) is 17.9 Å². The maximum absolute atomic E-state index is 13.7. The van der Waals surface area contributed by atoms with Crippen molar-refractivity contribution >= 4 is 31.9 Å². The molecule has 9 heteroatoms. The van der Waals surface area contributed by atoms with Crippen molar-refractivity contribution in [2.24, 2.45) is 0 Å². The van der Waals surface area contributed by atoms with Gasteiger partial charge in [0, 0.05) is 16.6 Å². The highest BCUT2D eigenvalue weighted by molar-refractivity contribution is 9.10. The van der Waals surface area contributed by atoms with E-state index in [0.717, 1.165) is 0 Å². The SMILES string of the molecule is CCOc1ccc(S(=O)(=O)NCCC(=O)OCc2ccc(Br)cc2F)cc1. The third-order valence-electron chi connectivity index (χ3n) is 3.47. The second-order valence-electron chi connectivity index (χ2n) is 5.45. The summed E-state index contributed by atoms with van der Waals surface area (Å²) in [5, 5.41) is 0. The summed E-state index contributed by atoms with van der Waals surface area (Å²) in [6.07, 6.45) is -0.172. The third kappa shape index (κ3) is 6.60. The van der Waals surface area contributed by atoms with E-state index in [1.807, 2.05) is 6.92 Å². The van der Waals surface area contributed by atoms with Gasteiger partial charge in [-0.05, 0) is 43.3 Å². The van der Waals surface area contributed by atoms with E-state index in [9.17, 15) is 17.6 Å². The molecule has 0 atom stereocenters. The number of hydrogen-bond acceptors (Lipinski definition) is 5. The van der Waals surface area contributed by atoms with Crippen molar-refractivity contribution in [3.05, 3.63) is 58.3 Å². The Morgan fingerprint density at radius 1 is 1.19 bits per heavy atom. The van der Waals surface area contributed by atoms with Gasteiger partial charge in [0.25, 0.3) is 0 Å². The van der Waals surface area contributed by atoms with Crippen LogP contribution in [-0.2, 0) is 26.2 Å². The molecule has 0 aliphatic heterocycles. The Bertz CT molecular complexity index is 887. The van der Waals surface area contributed by atoms with Crippen LogP contribution in [0.2, 0.25) is 0 Å². The van der Waals surface area contributed by atoms with Gasteiger partial charge < -0.3 is 9.47 Å². The molecule has 0 saturated heterocycles. The average molecular weight is 460 g/mol. The summed E-state index contributed by atoms with van der Waals surface area (Å²) in [5.41, 5.74) is 0.238. The summed E-state index contributed by atoms with van der Waals surface area (Å²) in [6.45, 7) is 1.97. The number of rotatable bonds is 9. The lowest BCUT2D eigenvalue weighted by atomic mass is 10.2. The van der Waals surface area contributed by atoms with E-state index >= 15 is 0 Å². The summed E-state index contributed by atoms with van der Waals surface area (Å²) in [7, 11) is -3.74. The van der Waals surface area contributed by atoms with Gasteiger partial charge in [0.15, 0.2) is 0 Å². The lowest BCUT2D eigenvalue weighted by Crippen LogP contribution is -2.26. The first-order valence-electron chi connectivity index (χ1n) is 8.14. The van der Waals surface area contributed by atoms with Gasteiger partial charge in [-0.25, -0.2) is 17.5 Å². The lowest BCUT2D eigenvalue weighted by molar-refractivity contribution is -0.144. The maximum Gasteiger partial charge on any atom is 0.307 e. The molecule has 2 rings (SSSR count). The van der Waals surface area contributed by atoms with Crippen LogP contribution in [0.4, 0.5) is 4.39 Å². The second kappa shape index (κ2) is 9.82. The molecule has 0 fully saturated rings. The van der Waals surface area contributed by atoms with E-state index in [1.165, 1.54) is 24.3 Å². The molecule has 2 aromatic carbocycles. The molecule has 0 radical (unpaired) electrons. The Kier molecular flexibility index (Phi) is 7.76. The van der Waals surface area contributed by atoms with Crippen LogP contribution in [0.5, 0.6) is 5.75 Å². The fraction of sp³-hybridized carbons (Fsp3) is 0.278. The van der Waals surface area contributed by atoms with Crippen molar-refractivity contribution in [3.8, 4) is 5.75 Å². The van der Waals surface area contributed by atoms with Gasteiger partial charge in [0.1, 0.15) is 18.2 Å². The molecule has 0 aliphatic rings. The molecule has 146 valence electrons. The lowest BCUT2D eigenvalue weighted by Gasteiger charge is -2.09. The zero-order chi connectivity index (χ0) is 19.9. The quantitative estimate of drug-likeness (QED) is 0.581. The maximum atomic E-state index is 13.7. The van der Waals surface area contributed by atoms with Crippen LogP contribution < -0.4 is 9.46 Å². The number of benzene rings is 2. The molecule has 2 aromatic rings. The highest BCUT2D eigenvalue weighted by Gasteiger charge is 2.15. The first-order valence-corrected chi connectivity index (χ1v) is 10.4. The monoisotopic (exact) mass is 459 g/mol. The smallest absolute Gasteiger partial charge is 0.307 e. The predicted octanol–water partition coefficient (Wildman–Crippen LogP) is 3.40. The van der Waals surface area contributed by atoms with Crippen LogP contribution in [0.3, 0.4) is 0 Å². The molecule has 1 N–H and O–H groups in total. The number of sulfonamides is 1. The zero-order valence-corrected chi connectivity index (χ0v) is 17.0. The Morgan fingerprint density at radius 3 is 2.52 bits per heavy atom. The highest BCUT2D eigenvalue weighted by atomic mass is 79.9. The topological polar surface area (TPSA) is 81.7 Å². The molecule has 0 aliphatic carbocycles. The Balaban J connectivity index is 1.81. The van der Waals surface area contributed by atoms with Gasteiger partial charge in [0.2, 0.25) is 10.0 Å². The summed E-state index contributed by atoms with van der Waals surface area (Å²) in [6, 6.07) is 10.4. The summed E-state index contributed by atoms with van der Waals surface area (Å²) in [5.74, 6) is -0.555. The molecule has 6 nitrogen and oxygen atoms in total. The fourth-order valence-corrected chi connectivity index (χ4v) is 3.49. The molecule has 0 heterocycles. The Hall–Kier alpha value is -1.97. The minimum absolute atomic E-state index is 0.0660. The Labute approximate surface area is 165 Å². The van der Waals surface area contributed by atoms with Crippen molar-refractivity contribution in [1.29, 1.82) is 0 Å². The third-order valence-corrected chi connectivity index (χ3v) is 5.44. The minimum Gasteiger partial charge on any atom is -0.494 e. The van der Waals surface area contributed by atoms with Crippen LogP contribution in [0.1, 0.15) is 18.9 Å². The van der Waals surface area contributed by atoms with Gasteiger partial charge >= 0.3 is 5.97 Å². The molecule has 27 heavy (non-hydrogen) atoms. The number of halogens is 2. The first kappa shape index (κ1) is 21.3. The number of hydrogen-bond donors (Lipinski definition) is 1. The van der Waals surface area contributed by atoms with Crippen molar-refractivity contribution in [2.75, 3.05) is 13.2 Å². The van der Waals surface area contributed by atoms with E-state index in [4.69, 9.17) is 9.47 Å². The molecule has 0 amide bonds. The van der Waals surface area contributed by atoms with Crippen LogP contribution in [0.15, 0.2) is 51.8 Å². The van der Waals surface area contributed by atoms with Gasteiger partial charge in [-0.2, -0.15) is 0 Å². The number of carbonyl (C=O) groups excluding carboxylic acids is 1. The molecular formula is C18H19BrFNO5S. The Morgan fingerprint density at radius 2 is 1.89 bits per heavy atom. The van der Waals surface area contributed by atoms with E-state index in [0.29, 0.717) is 16.8 Å². The van der Waals surface area contributed by atoms with E-state index in [2.05, 4.69) is 20.7 Å². The number of nitrogens with one attached hydrogen (secondary N) is 1. The van der Waals surface area contributed by atoms with E-state index < -0.39 is 21.8 Å². The van der Waals surface area contributed by atoms with Crippen molar-refractivity contribution < 1.29 is 27.1 Å². The largest absolute Gasteiger partial charge is 0.494 e. The summed E-state index contributed by atoms with van der Waals surface area (Å²) >= 11 is 3.14. The molecule has 0 saturated carbocycles. The van der Waals surface area contributed by atoms with Gasteiger partial charge in [-0.1, -0.05) is 22.0 Å². The van der Waals surface area contributed by atoms with E-state index in [1.54, 1.807) is 18.2 Å². The minimum atomic E-state index is -3.74. The molecule has 0 unspecified atom stereocenters. The molecule has 0 bridgehead atoms. The van der Waals surface area contributed by atoms with E-state index in [-0.39, 0.29) is 30.0 Å². The number of ether oxygens (including phenoxy) is 2. The standard InChI is InChI=1S/C18H19BrFNO5S/c1-2-25-15-5-7-16(8-6-15)27(23,24)21-10-9-18(22)26-12-13-3-4-14(19)11-17(13)20/h3-8,11,21H,2,9-10,12H2,1H3. The van der Waals surface area contributed by atoms with Crippen molar-refractivity contribution in [3.63, 3.8) is 0 Å². The highest BCUT2D eigenvalue weighted by Crippen LogP contribution is 2.17.